The maximum absolute atomic E-state index is 12.5. The third kappa shape index (κ3) is 2.70. The van der Waals surface area contributed by atoms with Crippen LogP contribution in [0.5, 0.6) is 0 Å². The molecule has 7 heteroatoms. The lowest BCUT2D eigenvalue weighted by molar-refractivity contribution is -0.181. The van der Waals surface area contributed by atoms with Crippen molar-refractivity contribution in [3.63, 3.8) is 0 Å². The fraction of sp³-hybridized carbons (Fsp3) is 0.538. The number of rotatable bonds is 1. The minimum atomic E-state index is -0.476. The molecule has 108 valence electrons. The second kappa shape index (κ2) is 5.60. The average Bonchev–Trinajstić information content (AvgIpc) is 2.90. The Kier molecular flexibility index (Phi) is 3.99. The van der Waals surface area contributed by atoms with E-state index < -0.39 is 5.79 Å². The van der Waals surface area contributed by atoms with E-state index in [1.54, 1.807) is 17.2 Å². The van der Waals surface area contributed by atoms with E-state index in [1.807, 2.05) is 0 Å². The molecule has 0 unspecified atom stereocenters. The summed E-state index contributed by atoms with van der Waals surface area (Å²) in [4.78, 5) is 18.2. The van der Waals surface area contributed by atoms with Gasteiger partial charge in [0, 0.05) is 36.6 Å². The molecular formula is C13H14BrClN2O3. The molecule has 2 saturated heterocycles. The van der Waals surface area contributed by atoms with Gasteiger partial charge in [0.2, 0.25) is 0 Å². The zero-order valence-electron chi connectivity index (χ0n) is 10.8. The van der Waals surface area contributed by atoms with E-state index in [-0.39, 0.29) is 11.1 Å². The molecule has 0 atom stereocenters. The monoisotopic (exact) mass is 360 g/mol. The van der Waals surface area contributed by atoms with Crippen LogP contribution in [0, 0.1) is 0 Å². The Morgan fingerprint density at radius 2 is 2.00 bits per heavy atom. The van der Waals surface area contributed by atoms with Gasteiger partial charge in [-0.05, 0) is 22.0 Å². The van der Waals surface area contributed by atoms with Gasteiger partial charge in [-0.2, -0.15) is 0 Å². The minimum absolute atomic E-state index is 0.100. The zero-order valence-corrected chi connectivity index (χ0v) is 13.1. The van der Waals surface area contributed by atoms with Crippen LogP contribution in [0.1, 0.15) is 23.2 Å². The van der Waals surface area contributed by atoms with Gasteiger partial charge in [0.15, 0.2) is 5.79 Å². The van der Waals surface area contributed by atoms with Crippen molar-refractivity contribution in [2.45, 2.75) is 18.6 Å². The van der Waals surface area contributed by atoms with Crippen LogP contribution in [0.15, 0.2) is 16.7 Å². The van der Waals surface area contributed by atoms with Crippen molar-refractivity contribution in [3.8, 4) is 0 Å². The van der Waals surface area contributed by atoms with Crippen LogP contribution in [-0.2, 0) is 9.47 Å². The molecule has 3 heterocycles. The first-order valence-corrected chi connectivity index (χ1v) is 7.65. The number of aromatic nitrogens is 1. The predicted octanol–water partition coefficient (Wildman–Crippen LogP) is 2.48. The first-order valence-electron chi connectivity index (χ1n) is 6.48. The van der Waals surface area contributed by atoms with E-state index in [0.29, 0.717) is 44.7 Å². The van der Waals surface area contributed by atoms with Crippen LogP contribution in [0.2, 0.25) is 5.15 Å². The Morgan fingerprint density at radius 1 is 1.35 bits per heavy atom. The van der Waals surface area contributed by atoms with E-state index in [1.165, 1.54) is 0 Å². The van der Waals surface area contributed by atoms with Crippen molar-refractivity contribution in [2.75, 3.05) is 26.3 Å². The van der Waals surface area contributed by atoms with Gasteiger partial charge >= 0.3 is 0 Å². The number of pyridine rings is 1. The fourth-order valence-corrected chi connectivity index (χ4v) is 3.09. The van der Waals surface area contributed by atoms with Crippen molar-refractivity contribution >= 4 is 33.4 Å². The largest absolute Gasteiger partial charge is 0.347 e. The molecule has 5 nitrogen and oxygen atoms in total. The lowest BCUT2D eigenvalue weighted by Gasteiger charge is -2.37. The fourth-order valence-electron chi connectivity index (χ4n) is 2.58. The smallest absolute Gasteiger partial charge is 0.257 e. The summed E-state index contributed by atoms with van der Waals surface area (Å²) in [5, 5.41) is 0.229. The number of nitrogens with zero attached hydrogens (tertiary/aromatic N) is 2. The Morgan fingerprint density at radius 3 is 2.65 bits per heavy atom. The summed E-state index contributed by atoms with van der Waals surface area (Å²) < 4.78 is 12.0. The van der Waals surface area contributed by atoms with Gasteiger partial charge in [0.05, 0.1) is 18.8 Å². The molecule has 1 spiro atoms. The van der Waals surface area contributed by atoms with Crippen LogP contribution in [0.4, 0.5) is 0 Å². The molecule has 1 aromatic rings. The summed E-state index contributed by atoms with van der Waals surface area (Å²) in [5.41, 5.74) is 0.422. The van der Waals surface area contributed by atoms with E-state index in [9.17, 15) is 4.79 Å². The highest BCUT2D eigenvalue weighted by Crippen LogP contribution is 2.32. The minimum Gasteiger partial charge on any atom is -0.347 e. The Hall–Kier alpha value is -0.690. The Bertz CT molecular complexity index is 524. The van der Waals surface area contributed by atoms with E-state index >= 15 is 0 Å². The summed E-state index contributed by atoms with van der Waals surface area (Å²) in [7, 11) is 0. The first kappa shape index (κ1) is 14.3. The molecule has 0 aromatic carbocycles. The molecule has 20 heavy (non-hydrogen) atoms. The van der Waals surface area contributed by atoms with Crippen molar-refractivity contribution in [1.29, 1.82) is 0 Å². The molecule has 2 fully saturated rings. The lowest BCUT2D eigenvalue weighted by Crippen LogP contribution is -2.47. The molecule has 0 saturated carbocycles. The molecule has 1 aromatic heterocycles. The summed E-state index contributed by atoms with van der Waals surface area (Å²) >= 11 is 9.31. The number of carbonyl (C=O) groups excluding carboxylic acids is 1. The highest BCUT2D eigenvalue weighted by molar-refractivity contribution is 9.10. The second-order valence-corrected chi connectivity index (χ2v) is 6.17. The molecule has 0 bridgehead atoms. The normalized spacial score (nSPS) is 21.4. The number of halogens is 2. The molecular weight excluding hydrogens is 348 g/mol. The van der Waals surface area contributed by atoms with Crippen LogP contribution < -0.4 is 0 Å². The molecule has 0 N–H and O–H groups in total. The Labute approximate surface area is 130 Å². The van der Waals surface area contributed by atoms with Crippen molar-refractivity contribution < 1.29 is 14.3 Å². The van der Waals surface area contributed by atoms with Crippen molar-refractivity contribution in [2.24, 2.45) is 0 Å². The van der Waals surface area contributed by atoms with Crippen LogP contribution >= 0.6 is 27.5 Å². The quantitative estimate of drug-likeness (QED) is 0.721. The standard InChI is InChI=1S/C13H14BrClN2O3/c14-9-7-10(11(15)16-8-9)12(18)17-3-1-13(2-4-17)19-5-6-20-13/h7-8H,1-6H2. The van der Waals surface area contributed by atoms with E-state index in [2.05, 4.69) is 20.9 Å². The number of hydrogen-bond donors (Lipinski definition) is 0. The number of piperidine rings is 1. The van der Waals surface area contributed by atoms with Gasteiger partial charge < -0.3 is 14.4 Å². The SMILES string of the molecule is O=C(c1cc(Br)cnc1Cl)N1CCC2(CC1)OCCO2. The van der Waals surface area contributed by atoms with Gasteiger partial charge in [-0.3, -0.25) is 4.79 Å². The molecule has 2 aliphatic heterocycles. The number of likely N-dealkylation sites (tertiary alicyclic amines) is 1. The molecule has 0 aliphatic carbocycles. The van der Waals surface area contributed by atoms with Gasteiger partial charge in [0.25, 0.3) is 5.91 Å². The molecule has 3 rings (SSSR count). The second-order valence-electron chi connectivity index (χ2n) is 4.89. The summed E-state index contributed by atoms with van der Waals surface area (Å²) in [6.45, 7) is 2.47. The predicted molar refractivity (Wildman–Crippen MR) is 76.7 cm³/mol. The number of ether oxygens (including phenoxy) is 2. The van der Waals surface area contributed by atoms with Crippen LogP contribution in [-0.4, -0.2) is 47.9 Å². The molecule has 0 radical (unpaired) electrons. The van der Waals surface area contributed by atoms with Crippen LogP contribution in [0.25, 0.3) is 0 Å². The highest BCUT2D eigenvalue weighted by Gasteiger charge is 2.41. The lowest BCUT2D eigenvalue weighted by atomic mass is 10.0. The summed E-state index contributed by atoms with van der Waals surface area (Å²) in [6.07, 6.45) is 2.96. The van der Waals surface area contributed by atoms with Crippen LogP contribution in [0.3, 0.4) is 0 Å². The van der Waals surface area contributed by atoms with Gasteiger partial charge in [-0.15, -0.1) is 0 Å². The van der Waals surface area contributed by atoms with E-state index in [0.717, 1.165) is 4.47 Å². The third-order valence-electron chi connectivity index (χ3n) is 3.66. The maximum atomic E-state index is 12.5. The maximum Gasteiger partial charge on any atom is 0.257 e. The highest BCUT2D eigenvalue weighted by atomic mass is 79.9. The number of hydrogen-bond acceptors (Lipinski definition) is 4. The van der Waals surface area contributed by atoms with Crippen molar-refractivity contribution in [1.82, 2.24) is 9.88 Å². The topological polar surface area (TPSA) is 51.7 Å². The van der Waals surface area contributed by atoms with Crippen molar-refractivity contribution in [3.05, 3.63) is 27.5 Å². The molecule has 2 aliphatic rings. The first-order chi connectivity index (χ1) is 9.60. The Balaban J connectivity index is 1.71. The van der Waals surface area contributed by atoms with E-state index in [4.69, 9.17) is 21.1 Å². The summed E-state index contributed by atoms with van der Waals surface area (Å²) in [6, 6.07) is 1.70. The molecule has 1 amide bonds. The third-order valence-corrected chi connectivity index (χ3v) is 4.40. The number of carbonyl (C=O) groups is 1. The van der Waals surface area contributed by atoms with Gasteiger partial charge in [-0.25, -0.2) is 4.98 Å². The number of amides is 1. The van der Waals surface area contributed by atoms with Gasteiger partial charge in [0.1, 0.15) is 5.15 Å². The summed E-state index contributed by atoms with van der Waals surface area (Å²) in [5.74, 6) is -0.576. The average molecular weight is 362 g/mol. The zero-order chi connectivity index (χ0) is 14.2. The van der Waals surface area contributed by atoms with Gasteiger partial charge in [-0.1, -0.05) is 11.6 Å².